The first kappa shape index (κ1) is 20.5. The number of nitrogens with zero attached hydrogens (tertiary/aromatic N) is 1. The third kappa shape index (κ3) is 4.10. The Balaban J connectivity index is 1.76. The van der Waals surface area contributed by atoms with Crippen LogP contribution in [-0.4, -0.2) is 29.2 Å². The molecule has 148 valence electrons. The Bertz CT molecular complexity index is 870. The van der Waals surface area contributed by atoms with E-state index < -0.39 is 30.0 Å². The zero-order valence-electron chi connectivity index (χ0n) is 17.0. The molecule has 0 bridgehead atoms. The van der Waals surface area contributed by atoms with Gasteiger partial charge in [0.15, 0.2) is 0 Å². The van der Waals surface area contributed by atoms with Crippen molar-refractivity contribution in [2.24, 2.45) is 0 Å². The molecule has 0 radical (unpaired) electrons. The molecule has 0 unspecified atom stereocenters. The normalized spacial score (nSPS) is 17.6. The second-order valence-electron chi connectivity index (χ2n) is 8.08. The lowest BCUT2D eigenvalue weighted by atomic mass is 9.78. The number of hydrogen-bond donors (Lipinski definition) is 1. The van der Waals surface area contributed by atoms with Crippen LogP contribution in [0.2, 0.25) is 0 Å². The molecule has 3 rings (SSSR count). The molecular formula is C21H26BFN2O3. The van der Waals surface area contributed by atoms with Gasteiger partial charge in [-0.2, -0.15) is 0 Å². The van der Waals surface area contributed by atoms with Crippen LogP contribution in [0.25, 0.3) is 0 Å². The first-order valence-electron chi connectivity index (χ1n) is 9.54. The lowest BCUT2D eigenvalue weighted by Crippen LogP contribution is -2.41. The molecule has 0 aliphatic carbocycles. The fraction of sp³-hybridized carbons (Fsp3) is 0.429. The Hall–Kier alpha value is -2.25. The van der Waals surface area contributed by atoms with E-state index in [2.05, 4.69) is 17.2 Å². The molecule has 1 aromatic carbocycles. The number of nitrogens with one attached hydrogen (secondary N) is 1. The maximum atomic E-state index is 14.6. The molecule has 1 aliphatic rings. The van der Waals surface area contributed by atoms with Crippen LogP contribution in [0.15, 0.2) is 36.5 Å². The SMILES string of the molecule is CCCc1ccnc(NC(=O)c2ccc(B3OC(C)(C)C(C)(C)O3)cc2F)c1. The van der Waals surface area contributed by atoms with Gasteiger partial charge in [0.05, 0.1) is 16.8 Å². The number of aromatic nitrogens is 1. The van der Waals surface area contributed by atoms with Gasteiger partial charge in [0.25, 0.3) is 5.91 Å². The highest BCUT2D eigenvalue weighted by molar-refractivity contribution is 6.62. The van der Waals surface area contributed by atoms with Gasteiger partial charge in [0, 0.05) is 6.20 Å². The van der Waals surface area contributed by atoms with Gasteiger partial charge < -0.3 is 14.6 Å². The Morgan fingerprint density at radius 3 is 2.43 bits per heavy atom. The van der Waals surface area contributed by atoms with Crippen molar-refractivity contribution in [3.8, 4) is 0 Å². The summed E-state index contributed by atoms with van der Waals surface area (Å²) >= 11 is 0. The molecule has 1 aliphatic heterocycles. The van der Waals surface area contributed by atoms with E-state index in [1.54, 1.807) is 18.3 Å². The van der Waals surface area contributed by atoms with Crippen LogP contribution in [-0.2, 0) is 15.7 Å². The highest BCUT2D eigenvalue weighted by Crippen LogP contribution is 2.36. The van der Waals surface area contributed by atoms with Crippen molar-refractivity contribution >= 4 is 24.3 Å². The third-order valence-electron chi connectivity index (χ3n) is 5.37. The molecule has 1 fully saturated rings. The highest BCUT2D eigenvalue weighted by Gasteiger charge is 2.51. The molecule has 2 heterocycles. The van der Waals surface area contributed by atoms with Crippen molar-refractivity contribution < 1.29 is 18.5 Å². The molecule has 28 heavy (non-hydrogen) atoms. The molecule has 1 N–H and O–H groups in total. The molecule has 2 aromatic rings. The predicted octanol–water partition coefficient (Wildman–Crippen LogP) is 3.72. The smallest absolute Gasteiger partial charge is 0.399 e. The average molecular weight is 384 g/mol. The Morgan fingerprint density at radius 2 is 1.82 bits per heavy atom. The number of rotatable bonds is 5. The van der Waals surface area contributed by atoms with Gasteiger partial charge >= 0.3 is 7.12 Å². The van der Waals surface area contributed by atoms with Gasteiger partial charge in [0.1, 0.15) is 11.6 Å². The molecular weight excluding hydrogens is 358 g/mol. The third-order valence-corrected chi connectivity index (χ3v) is 5.37. The van der Waals surface area contributed by atoms with E-state index in [0.717, 1.165) is 18.4 Å². The summed E-state index contributed by atoms with van der Waals surface area (Å²) in [6.07, 6.45) is 3.52. The fourth-order valence-electron chi connectivity index (χ4n) is 3.01. The minimum absolute atomic E-state index is 0.0528. The number of pyridine rings is 1. The van der Waals surface area contributed by atoms with E-state index in [0.29, 0.717) is 11.3 Å². The summed E-state index contributed by atoms with van der Waals surface area (Å²) in [5.41, 5.74) is 0.529. The van der Waals surface area contributed by atoms with Gasteiger partial charge in [-0.05, 0) is 69.4 Å². The van der Waals surface area contributed by atoms with Crippen LogP contribution in [0.5, 0.6) is 0 Å². The van der Waals surface area contributed by atoms with Crippen molar-refractivity contribution in [3.05, 3.63) is 53.5 Å². The number of benzene rings is 1. The zero-order chi connectivity index (χ0) is 20.5. The number of anilines is 1. The second-order valence-corrected chi connectivity index (χ2v) is 8.08. The van der Waals surface area contributed by atoms with Crippen molar-refractivity contribution in [2.75, 3.05) is 5.32 Å². The fourth-order valence-corrected chi connectivity index (χ4v) is 3.01. The van der Waals surface area contributed by atoms with Crippen molar-refractivity contribution in [2.45, 2.75) is 58.7 Å². The summed E-state index contributed by atoms with van der Waals surface area (Å²) < 4.78 is 26.5. The van der Waals surface area contributed by atoms with Crippen molar-refractivity contribution in [3.63, 3.8) is 0 Å². The highest BCUT2D eigenvalue weighted by atomic mass is 19.1. The molecule has 7 heteroatoms. The van der Waals surface area contributed by atoms with Crippen LogP contribution in [0.1, 0.15) is 57.0 Å². The maximum Gasteiger partial charge on any atom is 0.494 e. The molecule has 1 saturated heterocycles. The quantitative estimate of drug-likeness (QED) is 0.799. The minimum atomic E-state index is -0.677. The van der Waals surface area contributed by atoms with E-state index in [1.165, 1.54) is 12.1 Å². The molecule has 0 saturated carbocycles. The zero-order valence-corrected chi connectivity index (χ0v) is 17.0. The summed E-state index contributed by atoms with van der Waals surface area (Å²) in [6.45, 7) is 9.82. The summed E-state index contributed by atoms with van der Waals surface area (Å²) in [5, 5.41) is 2.66. The van der Waals surface area contributed by atoms with E-state index in [9.17, 15) is 9.18 Å². The van der Waals surface area contributed by atoms with Gasteiger partial charge in [0.2, 0.25) is 0 Å². The van der Waals surface area contributed by atoms with E-state index in [4.69, 9.17) is 9.31 Å². The van der Waals surface area contributed by atoms with Gasteiger partial charge in [-0.3, -0.25) is 4.79 Å². The Kier molecular flexibility index (Phi) is 5.59. The minimum Gasteiger partial charge on any atom is -0.399 e. The van der Waals surface area contributed by atoms with Crippen LogP contribution < -0.4 is 10.8 Å². The second kappa shape index (κ2) is 7.64. The van der Waals surface area contributed by atoms with Crippen LogP contribution in [0.4, 0.5) is 10.2 Å². The van der Waals surface area contributed by atoms with E-state index >= 15 is 0 Å². The Labute approximate surface area is 165 Å². The topological polar surface area (TPSA) is 60.5 Å². The van der Waals surface area contributed by atoms with Crippen LogP contribution in [0, 0.1) is 5.82 Å². The van der Waals surface area contributed by atoms with Gasteiger partial charge in [-0.15, -0.1) is 0 Å². The first-order chi connectivity index (χ1) is 13.1. The van der Waals surface area contributed by atoms with Gasteiger partial charge in [-0.1, -0.05) is 19.4 Å². The van der Waals surface area contributed by atoms with Crippen LogP contribution in [0.3, 0.4) is 0 Å². The number of hydrogen-bond acceptors (Lipinski definition) is 4. The number of carbonyl (C=O) groups excluding carboxylic acids is 1. The number of halogens is 1. The largest absolute Gasteiger partial charge is 0.494 e. The summed E-state index contributed by atoms with van der Waals surface area (Å²) in [4.78, 5) is 16.6. The van der Waals surface area contributed by atoms with Crippen molar-refractivity contribution in [1.29, 1.82) is 0 Å². The first-order valence-corrected chi connectivity index (χ1v) is 9.54. The molecule has 5 nitrogen and oxygen atoms in total. The number of aryl methyl sites for hydroxylation is 1. The molecule has 1 amide bonds. The standard InChI is InChI=1S/C21H26BFN2O3/c1-6-7-14-10-11-24-18(12-14)25-19(26)16-9-8-15(13-17(16)23)22-27-20(2,3)21(4,5)28-22/h8-13H,6-7H2,1-5H3,(H,24,25,26). The average Bonchev–Trinajstić information content (AvgIpc) is 2.83. The predicted molar refractivity (Wildman–Crippen MR) is 108 cm³/mol. The maximum absolute atomic E-state index is 14.6. The van der Waals surface area contributed by atoms with Crippen LogP contribution >= 0.6 is 0 Å². The lowest BCUT2D eigenvalue weighted by Gasteiger charge is -2.32. The lowest BCUT2D eigenvalue weighted by molar-refractivity contribution is 0.00578. The van der Waals surface area contributed by atoms with E-state index in [-0.39, 0.29) is 5.56 Å². The van der Waals surface area contributed by atoms with Gasteiger partial charge in [-0.25, -0.2) is 9.37 Å². The summed E-state index contributed by atoms with van der Waals surface area (Å²) in [7, 11) is -0.677. The van der Waals surface area contributed by atoms with Crippen molar-refractivity contribution in [1.82, 2.24) is 4.98 Å². The molecule has 1 aromatic heterocycles. The Morgan fingerprint density at radius 1 is 1.14 bits per heavy atom. The number of amides is 1. The molecule has 0 spiro atoms. The number of carbonyl (C=O) groups is 1. The van der Waals surface area contributed by atoms with E-state index in [1.807, 2.05) is 33.8 Å². The monoisotopic (exact) mass is 384 g/mol. The summed E-state index contributed by atoms with van der Waals surface area (Å²) in [6, 6.07) is 8.09. The summed E-state index contributed by atoms with van der Waals surface area (Å²) in [5.74, 6) is -0.765. The molecule has 0 atom stereocenters.